The molecule has 5 nitrogen and oxygen atoms in total. The van der Waals surface area contributed by atoms with E-state index >= 15 is 0 Å². The number of carbonyl (C=O) groups excluding carboxylic acids is 2. The van der Waals surface area contributed by atoms with Crippen LogP contribution >= 0.6 is 0 Å². The third-order valence-electron chi connectivity index (χ3n) is 5.66. The van der Waals surface area contributed by atoms with E-state index in [4.69, 9.17) is 0 Å². The molecule has 29 heavy (non-hydrogen) atoms. The first kappa shape index (κ1) is 21.1. The fourth-order valence-corrected chi connectivity index (χ4v) is 3.94. The predicted molar refractivity (Wildman–Crippen MR) is 117 cm³/mol. The van der Waals surface area contributed by atoms with Crippen LogP contribution in [0.1, 0.15) is 54.2 Å². The summed E-state index contributed by atoms with van der Waals surface area (Å²) >= 11 is 0. The van der Waals surface area contributed by atoms with Crippen molar-refractivity contribution >= 4 is 17.5 Å². The zero-order chi connectivity index (χ0) is 20.8. The first-order valence-corrected chi connectivity index (χ1v) is 10.5. The second-order valence-corrected chi connectivity index (χ2v) is 7.56. The van der Waals surface area contributed by atoms with Crippen molar-refractivity contribution in [3.8, 4) is 0 Å². The van der Waals surface area contributed by atoms with Gasteiger partial charge in [0.1, 0.15) is 0 Å². The molecule has 1 aliphatic heterocycles. The molecule has 2 aromatic rings. The summed E-state index contributed by atoms with van der Waals surface area (Å²) < 4.78 is 0. The second-order valence-electron chi connectivity index (χ2n) is 7.56. The second kappa shape index (κ2) is 9.70. The number of aryl methyl sites for hydroxylation is 1. The summed E-state index contributed by atoms with van der Waals surface area (Å²) in [7, 11) is 0. The Balaban J connectivity index is 1.73. The Hall–Kier alpha value is -2.66. The van der Waals surface area contributed by atoms with Crippen LogP contribution in [0.5, 0.6) is 0 Å². The summed E-state index contributed by atoms with van der Waals surface area (Å²) in [6.45, 7) is 9.45. The Bertz CT molecular complexity index is 843. The highest BCUT2D eigenvalue weighted by Crippen LogP contribution is 2.23. The molecule has 2 amide bonds. The van der Waals surface area contributed by atoms with Crippen molar-refractivity contribution in [3.05, 3.63) is 65.2 Å². The number of nitrogens with one attached hydrogen (secondary N) is 1. The maximum absolute atomic E-state index is 12.8. The van der Waals surface area contributed by atoms with Crippen molar-refractivity contribution in [2.45, 2.75) is 39.7 Å². The molecule has 154 valence electrons. The topological polar surface area (TPSA) is 52.7 Å². The van der Waals surface area contributed by atoms with Gasteiger partial charge in [-0.15, -0.1) is 0 Å². The number of rotatable bonds is 8. The van der Waals surface area contributed by atoms with Gasteiger partial charge in [-0.25, -0.2) is 0 Å². The highest BCUT2D eigenvalue weighted by Gasteiger charge is 2.23. The number of hydrogen-bond donors (Lipinski definition) is 1. The molecular weight excluding hydrogens is 362 g/mol. The highest BCUT2D eigenvalue weighted by atomic mass is 16.2. The maximum Gasteiger partial charge on any atom is 0.251 e. The van der Waals surface area contributed by atoms with Crippen molar-refractivity contribution in [1.82, 2.24) is 10.2 Å². The summed E-state index contributed by atoms with van der Waals surface area (Å²) in [5.74, 6) is 0.0197. The molecule has 0 radical (unpaired) electrons. The van der Waals surface area contributed by atoms with Gasteiger partial charge < -0.3 is 10.2 Å². The summed E-state index contributed by atoms with van der Waals surface area (Å²) in [6, 6.07) is 16.0. The van der Waals surface area contributed by atoms with E-state index in [0.717, 1.165) is 31.7 Å². The van der Waals surface area contributed by atoms with Crippen LogP contribution in [0.15, 0.2) is 48.5 Å². The van der Waals surface area contributed by atoms with E-state index in [1.165, 1.54) is 11.1 Å². The average molecular weight is 394 g/mol. The average Bonchev–Trinajstić information content (AvgIpc) is 3.17. The molecule has 0 saturated carbocycles. The molecule has 1 fully saturated rings. The van der Waals surface area contributed by atoms with Crippen LogP contribution in [0, 0.1) is 6.92 Å². The Morgan fingerprint density at radius 3 is 2.48 bits per heavy atom. The molecule has 0 aromatic heterocycles. The number of likely N-dealkylation sites (N-methyl/N-ethyl adjacent to an activating group) is 1. The largest absolute Gasteiger partial charge is 0.350 e. The smallest absolute Gasteiger partial charge is 0.251 e. The van der Waals surface area contributed by atoms with Crippen LogP contribution < -0.4 is 10.2 Å². The minimum Gasteiger partial charge on any atom is -0.350 e. The van der Waals surface area contributed by atoms with Gasteiger partial charge in [0.05, 0.1) is 6.04 Å². The first-order valence-electron chi connectivity index (χ1n) is 10.5. The minimum atomic E-state index is -0.109. The number of anilines is 1. The Labute approximate surface area is 173 Å². The molecule has 1 heterocycles. The Morgan fingerprint density at radius 1 is 1.14 bits per heavy atom. The molecule has 1 N–H and O–H groups in total. The summed E-state index contributed by atoms with van der Waals surface area (Å²) in [6.07, 6.45) is 1.45. The standard InChI is InChI=1S/C24H31N3O2/c1-4-26(5-2)22(19-13-11-18(3)12-14-19)17-25-24(29)20-8-6-9-21(16-20)27-15-7-10-23(27)28/h6,8-9,11-14,16,22H,4-5,7,10,15,17H2,1-3H3,(H,25,29). The van der Waals surface area contributed by atoms with E-state index in [-0.39, 0.29) is 17.9 Å². The van der Waals surface area contributed by atoms with E-state index < -0.39 is 0 Å². The third kappa shape index (κ3) is 5.04. The third-order valence-corrected chi connectivity index (χ3v) is 5.66. The van der Waals surface area contributed by atoms with Gasteiger partial charge in [-0.1, -0.05) is 49.7 Å². The molecular formula is C24H31N3O2. The van der Waals surface area contributed by atoms with Crippen LogP contribution in [0.2, 0.25) is 0 Å². The van der Waals surface area contributed by atoms with E-state index in [1.54, 1.807) is 11.0 Å². The van der Waals surface area contributed by atoms with Crippen molar-refractivity contribution in [2.75, 3.05) is 31.1 Å². The normalized spacial score (nSPS) is 15.0. The zero-order valence-corrected chi connectivity index (χ0v) is 17.6. The molecule has 1 saturated heterocycles. The molecule has 5 heteroatoms. The van der Waals surface area contributed by atoms with Crippen molar-refractivity contribution in [3.63, 3.8) is 0 Å². The highest BCUT2D eigenvalue weighted by molar-refractivity contribution is 5.99. The summed E-state index contributed by atoms with van der Waals surface area (Å²) in [5.41, 5.74) is 3.82. The minimum absolute atomic E-state index is 0.109. The van der Waals surface area contributed by atoms with Gasteiger partial charge in [-0.05, 0) is 50.2 Å². The molecule has 0 spiro atoms. The first-order chi connectivity index (χ1) is 14.0. The summed E-state index contributed by atoms with van der Waals surface area (Å²) in [4.78, 5) is 29.0. The van der Waals surface area contributed by atoms with Crippen LogP contribution in [-0.2, 0) is 4.79 Å². The van der Waals surface area contributed by atoms with Crippen LogP contribution in [0.25, 0.3) is 0 Å². The quantitative estimate of drug-likeness (QED) is 0.739. The lowest BCUT2D eigenvalue weighted by atomic mass is 10.0. The predicted octanol–water partition coefficient (Wildman–Crippen LogP) is 3.93. The number of carbonyl (C=O) groups is 2. The molecule has 1 atom stereocenters. The number of amides is 2. The van der Waals surface area contributed by atoms with E-state index in [0.29, 0.717) is 18.5 Å². The monoisotopic (exact) mass is 393 g/mol. The lowest BCUT2D eigenvalue weighted by molar-refractivity contribution is -0.117. The maximum atomic E-state index is 12.8. The van der Waals surface area contributed by atoms with E-state index in [9.17, 15) is 9.59 Å². The SMILES string of the molecule is CCN(CC)C(CNC(=O)c1cccc(N2CCCC2=O)c1)c1ccc(C)cc1. The van der Waals surface area contributed by atoms with Crippen molar-refractivity contribution in [1.29, 1.82) is 0 Å². The molecule has 2 aromatic carbocycles. The number of benzene rings is 2. The van der Waals surface area contributed by atoms with Gasteiger partial charge in [0.2, 0.25) is 5.91 Å². The molecule has 0 aliphatic carbocycles. The lowest BCUT2D eigenvalue weighted by Crippen LogP contribution is -2.38. The van der Waals surface area contributed by atoms with Gasteiger partial charge in [0.25, 0.3) is 5.91 Å². The van der Waals surface area contributed by atoms with Gasteiger partial charge in [0, 0.05) is 30.8 Å². The van der Waals surface area contributed by atoms with Crippen LogP contribution in [0.4, 0.5) is 5.69 Å². The van der Waals surface area contributed by atoms with Crippen molar-refractivity contribution < 1.29 is 9.59 Å². The van der Waals surface area contributed by atoms with Gasteiger partial charge in [0.15, 0.2) is 0 Å². The van der Waals surface area contributed by atoms with Crippen LogP contribution in [-0.4, -0.2) is 42.9 Å². The summed E-state index contributed by atoms with van der Waals surface area (Å²) in [5, 5.41) is 3.11. The van der Waals surface area contributed by atoms with Crippen LogP contribution in [0.3, 0.4) is 0 Å². The molecule has 3 rings (SSSR count). The molecule has 1 unspecified atom stereocenters. The zero-order valence-electron chi connectivity index (χ0n) is 17.6. The molecule has 1 aliphatic rings. The fraction of sp³-hybridized carbons (Fsp3) is 0.417. The number of nitrogens with zero attached hydrogens (tertiary/aromatic N) is 2. The van der Waals surface area contributed by atoms with Crippen molar-refractivity contribution in [2.24, 2.45) is 0 Å². The van der Waals surface area contributed by atoms with E-state index in [2.05, 4.69) is 55.3 Å². The fourth-order valence-electron chi connectivity index (χ4n) is 3.94. The van der Waals surface area contributed by atoms with Gasteiger partial charge >= 0.3 is 0 Å². The van der Waals surface area contributed by atoms with E-state index in [1.807, 2.05) is 18.2 Å². The number of hydrogen-bond acceptors (Lipinski definition) is 3. The van der Waals surface area contributed by atoms with Gasteiger partial charge in [-0.3, -0.25) is 14.5 Å². The lowest BCUT2D eigenvalue weighted by Gasteiger charge is -2.30. The van der Waals surface area contributed by atoms with Gasteiger partial charge in [-0.2, -0.15) is 0 Å². The molecule has 0 bridgehead atoms. The Morgan fingerprint density at radius 2 is 1.86 bits per heavy atom. The Kier molecular flexibility index (Phi) is 7.04.